The molecule has 11 heteroatoms. The lowest BCUT2D eigenvalue weighted by Gasteiger charge is -2.13. The van der Waals surface area contributed by atoms with Crippen LogP contribution in [0.4, 0.5) is 14.6 Å². The van der Waals surface area contributed by atoms with Crippen molar-refractivity contribution in [2.45, 2.75) is 13.3 Å². The molecular weight excluding hydrogens is 424 g/mol. The molecule has 152 valence electrons. The molecule has 29 heavy (non-hydrogen) atoms. The maximum absolute atomic E-state index is 14.8. The van der Waals surface area contributed by atoms with Gasteiger partial charge in [-0.2, -0.15) is 8.42 Å². The summed E-state index contributed by atoms with van der Waals surface area (Å²) >= 11 is 5.75. The smallest absolute Gasteiger partial charge is 0.264 e. The Bertz CT molecular complexity index is 1170. The van der Waals surface area contributed by atoms with E-state index in [1.54, 1.807) is 6.92 Å². The maximum Gasteiger partial charge on any atom is 0.300 e. The molecule has 0 unspecified atom stereocenters. The first-order valence-electron chi connectivity index (χ1n) is 8.31. The molecule has 2 N–H and O–H groups in total. The van der Waals surface area contributed by atoms with Crippen molar-refractivity contribution in [2.24, 2.45) is 0 Å². The molecule has 3 heterocycles. The van der Waals surface area contributed by atoms with Crippen LogP contribution >= 0.6 is 11.6 Å². The van der Waals surface area contributed by atoms with E-state index in [1.807, 2.05) is 9.44 Å². The Morgan fingerprint density at radius 2 is 1.90 bits per heavy atom. The van der Waals surface area contributed by atoms with Crippen molar-refractivity contribution in [1.82, 2.24) is 19.7 Å². The molecule has 0 aliphatic heterocycles. The summed E-state index contributed by atoms with van der Waals surface area (Å²) in [4.78, 5) is 11.9. The van der Waals surface area contributed by atoms with Gasteiger partial charge in [-0.25, -0.2) is 18.5 Å². The van der Waals surface area contributed by atoms with Gasteiger partial charge in [0, 0.05) is 43.8 Å². The van der Waals surface area contributed by atoms with Crippen LogP contribution in [0.15, 0.2) is 36.9 Å². The van der Waals surface area contributed by atoms with Crippen molar-refractivity contribution in [2.75, 3.05) is 11.8 Å². The van der Waals surface area contributed by atoms with Gasteiger partial charge in [-0.05, 0) is 35.7 Å². The Morgan fingerprint density at radius 3 is 2.59 bits per heavy atom. The number of hydrogen-bond donors (Lipinski definition) is 2. The minimum absolute atomic E-state index is 0.0823. The number of nitrogens with one attached hydrogen (secondary N) is 2. The van der Waals surface area contributed by atoms with E-state index in [0.29, 0.717) is 16.7 Å². The third-order valence-corrected chi connectivity index (χ3v) is 5.44. The van der Waals surface area contributed by atoms with Gasteiger partial charge in [-0.1, -0.05) is 11.6 Å². The molecule has 3 rings (SSSR count). The summed E-state index contributed by atoms with van der Waals surface area (Å²) < 4.78 is 56.3. The van der Waals surface area contributed by atoms with Crippen LogP contribution in [0.2, 0.25) is 5.02 Å². The van der Waals surface area contributed by atoms with Crippen LogP contribution in [-0.2, 0) is 16.6 Å². The number of nitrogens with zero attached hydrogens (tertiary/aromatic N) is 3. The van der Waals surface area contributed by atoms with Crippen molar-refractivity contribution in [1.29, 1.82) is 0 Å². The quantitative estimate of drug-likeness (QED) is 0.614. The van der Waals surface area contributed by atoms with E-state index in [2.05, 4.69) is 15.0 Å². The van der Waals surface area contributed by atoms with E-state index >= 15 is 0 Å². The van der Waals surface area contributed by atoms with E-state index in [1.165, 1.54) is 37.9 Å². The van der Waals surface area contributed by atoms with Gasteiger partial charge in [0.2, 0.25) is 0 Å². The Kier molecular flexibility index (Phi) is 6.06. The number of anilines is 1. The van der Waals surface area contributed by atoms with Crippen molar-refractivity contribution in [3.8, 4) is 11.3 Å². The first-order chi connectivity index (χ1) is 13.7. The first-order valence-corrected chi connectivity index (χ1v) is 10.2. The average Bonchev–Trinajstić information content (AvgIpc) is 2.67. The monoisotopic (exact) mass is 439 g/mol. The molecule has 7 nitrogen and oxygen atoms in total. The number of pyridine rings is 3. The van der Waals surface area contributed by atoms with E-state index in [-0.39, 0.29) is 22.7 Å². The second kappa shape index (κ2) is 8.36. The van der Waals surface area contributed by atoms with Crippen LogP contribution in [0.3, 0.4) is 0 Å². The lowest BCUT2D eigenvalue weighted by atomic mass is 9.98. The molecule has 0 aromatic carbocycles. The SMILES string of the molecule is CNS(=O)(=O)Nc1nccc(Cc2cncc(-c3ncc(Cl)cc3F)c2C)c1F. The zero-order valence-electron chi connectivity index (χ0n) is 15.4. The fraction of sp³-hybridized carbons (Fsp3) is 0.167. The summed E-state index contributed by atoms with van der Waals surface area (Å²) in [6.07, 6.45) is 5.70. The predicted octanol–water partition coefficient (Wildman–Crippen LogP) is 3.25. The summed E-state index contributed by atoms with van der Waals surface area (Å²) in [6, 6.07) is 2.58. The lowest BCUT2D eigenvalue weighted by Crippen LogP contribution is -2.27. The largest absolute Gasteiger partial charge is 0.300 e. The minimum atomic E-state index is -3.92. The molecule has 0 radical (unpaired) electrons. The minimum Gasteiger partial charge on any atom is -0.264 e. The Labute approximate surface area is 171 Å². The number of halogens is 3. The van der Waals surface area contributed by atoms with Gasteiger partial charge in [-0.3, -0.25) is 14.7 Å². The van der Waals surface area contributed by atoms with E-state index < -0.39 is 27.7 Å². The molecule has 0 spiro atoms. The second-order valence-electron chi connectivity index (χ2n) is 6.07. The van der Waals surface area contributed by atoms with Crippen LogP contribution in [0.5, 0.6) is 0 Å². The molecular formula is C18H16ClF2N5O2S. The van der Waals surface area contributed by atoms with Crippen LogP contribution in [0.25, 0.3) is 11.3 Å². The van der Waals surface area contributed by atoms with Crippen molar-refractivity contribution >= 4 is 27.6 Å². The Balaban J connectivity index is 1.98. The van der Waals surface area contributed by atoms with Crippen LogP contribution in [0.1, 0.15) is 16.7 Å². The van der Waals surface area contributed by atoms with Crippen molar-refractivity contribution < 1.29 is 17.2 Å². The topological polar surface area (TPSA) is 96.9 Å². The molecule has 0 amide bonds. The highest BCUT2D eigenvalue weighted by Gasteiger charge is 2.18. The molecule has 0 aliphatic rings. The highest BCUT2D eigenvalue weighted by atomic mass is 35.5. The normalized spacial score (nSPS) is 11.5. The summed E-state index contributed by atoms with van der Waals surface area (Å²) in [5.41, 5.74) is 2.00. The third kappa shape index (κ3) is 4.66. The van der Waals surface area contributed by atoms with Gasteiger partial charge >= 0.3 is 0 Å². The van der Waals surface area contributed by atoms with Crippen LogP contribution in [0, 0.1) is 18.6 Å². The van der Waals surface area contributed by atoms with E-state index in [4.69, 9.17) is 11.6 Å². The van der Waals surface area contributed by atoms with Gasteiger partial charge in [0.25, 0.3) is 10.2 Å². The van der Waals surface area contributed by atoms with E-state index in [9.17, 15) is 17.2 Å². The zero-order valence-corrected chi connectivity index (χ0v) is 16.9. The molecule has 0 bridgehead atoms. The molecule has 0 saturated carbocycles. The van der Waals surface area contributed by atoms with Gasteiger partial charge in [0.05, 0.1) is 5.02 Å². The Morgan fingerprint density at radius 1 is 1.14 bits per heavy atom. The van der Waals surface area contributed by atoms with Crippen LogP contribution in [-0.4, -0.2) is 30.4 Å². The molecule has 0 saturated heterocycles. The highest BCUT2D eigenvalue weighted by Crippen LogP contribution is 2.28. The third-order valence-electron chi connectivity index (χ3n) is 4.23. The fourth-order valence-corrected chi connectivity index (χ4v) is 3.32. The summed E-state index contributed by atoms with van der Waals surface area (Å²) in [5, 5.41) is 0.170. The number of rotatable bonds is 6. The number of aromatic nitrogens is 3. The molecule has 0 atom stereocenters. The summed E-state index contributed by atoms with van der Waals surface area (Å²) in [7, 11) is -2.73. The van der Waals surface area contributed by atoms with Crippen molar-refractivity contribution in [3.63, 3.8) is 0 Å². The summed E-state index contributed by atoms with van der Waals surface area (Å²) in [5.74, 6) is -1.84. The molecule has 0 fully saturated rings. The second-order valence-corrected chi connectivity index (χ2v) is 8.13. The van der Waals surface area contributed by atoms with Gasteiger partial charge < -0.3 is 0 Å². The molecule has 3 aromatic rings. The van der Waals surface area contributed by atoms with Gasteiger partial charge in [0.1, 0.15) is 5.69 Å². The number of hydrogen-bond acceptors (Lipinski definition) is 5. The van der Waals surface area contributed by atoms with E-state index in [0.717, 1.165) is 6.07 Å². The van der Waals surface area contributed by atoms with Gasteiger partial charge in [-0.15, -0.1) is 0 Å². The van der Waals surface area contributed by atoms with Crippen LogP contribution < -0.4 is 9.44 Å². The molecule has 0 aliphatic carbocycles. The maximum atomic E-state index is 14.8. The predicted molar refractivity (Wildman–Crippen MR) is 106 cm³/mol. The lowest BCUT2D eigenvalue weighted by molar-refractivity contribution is 0.589. The average molecular weight is 440 g/mol. The standard InChI is InChI=1S/C18H16ClF2N5O2S/c1-10-12(7-23-9-14(10)17-15(20)6-13(19)8-25-17)5-11-3-4-24-18(16(11)21)26-29(27,28)22-2/h3-4,6-9,22H,5H2,1-2H3,(H,24,26). The first kappa shape index (κ1) is 21.0. The Hall–Kier alpha value is -2.69. The van der Waals surface area contributed by atoms with Crippen molar-refractivity contribution in [3.05, 3.63) is 70.3 Å². The zero-order chi connectivity index (χ0) is 21.2. The highest BCUT2D eigenvalue weighted by molar-refractivity contribution is 7.90. The fourth-order valence-electron chi connectivity index (χ4n) is 2.67. The van der Waals surface area contributed by atoms with Gasteiger partial charge in [0.15, 0.2) is 17.5 Å². The molecule has 3 aromatic heterocycles. The summed E-state index contributed by atoms with van der Waals surface area (Å²) in [6.45, 7) is 1.74.